The molecule has 0 spiro atoms. The molecule has 0 N–H and O–H groups in total. The predicted octanol–water partition coefficient (Wildman–Crippen LogP) is 6.10. The highest BCUT2D eigenvalue weighted by atomic mass is 19.4. The molecule has 1 aliphatic rings. The molecule has 244 valence electrons. The first-order chi connectivity index (χ1) is 20.7. The summed E-state index contributed by atoms with van der Waals surface area (Å²) in [5, 5.41) is 0. The van der Waals surface area contributed by atoms with Gasteiger partial charge in [-0.2, -0.15) is 26.3 Å². The first-order valence-electron chi connectivity index (χ1n) is 14.2. The van der Waals surface area contributed by atoms with E-state index >= 15 is 0 Å². The Morgan fingerprint density at radius 1 is 0.955 bits per heavy atom. The lowest BCUT2D eigenvalue weighted by Gasteiger charge is -2.36. The van der Waals surface area contributed by atoms with Crippen LogP contribution in [0.2, 0.25) is 0 Å². The third-order valence-electron chi connectivity index (χ3n) is 7.07. The molecule has 0 saturated carbocycles. The maximum absolute atomic E-state index is 12.8. The van der Waals surface area contributed by atoms with Crippen molar-refractivity contribution in [1.82, 2.24) is 9.80 Å². The standard InChI is InChI=1S/C30H37F6N3O5/c1-4-43-26(40)6-5-13-39(19-22-8-11-24(42-3)12-9-22)25-18-21(2)7-10-23(25)20-37-14-16-38(17-15-37)28(41)44-27(29(31,32)33)30(34,35)36/h7-12,18,27H,4-6,13-17,19-20H2,1-3H3. The van der Waals surface area contributed by atoms with Crippen molar-refractivity contribution in [2.75, 3.05) is 51.3 Å². The van der Waals surface area contributed by atoms with Gasteiger partial charge in [0.05, 0.1) is 13.7 Å². The van der Waals surface area contributed by atoms with Crippen LogP contribution in [0.1, 0.15) is 36.5 Å². The highest BCUT2D eigenvalue weighted by molar-refractivity contribution is 5.69. The van der Waals surface area contributed by atoms with Gasteiger partial charge in [0.25, 0.3) is 6.10 Å². The number of hydrogen-bond donors (Lipinski definition) is 0. The van der Waals surface area contributed by atoms with E-state index in [1.807, 2.05) is 54.3 Å². The molecule has 2 aromatic carbocycles. The van der Waals surface area contributed by atoms with Gasteiger partial charge in [-0.1, -0.05) is 24.3 Å². The molecule has 1 fully saturated rings. The average Bonchev–Trinajstić information content (AvgIpc) is 2.96. The zero-order chi connectivity index (χ0) is 32.5. The number of piperazine rings is 1. The first kappa shape index (κ1) is 34.8. The molecule has 0 unspecified atom stereocenters. The van der Waals surface area contributed by atoms with Crippen LogP contribution >= 0.6 is 0 Å². The lowest BCUT2D eigenvalue weighted by atomic mass is 10.1. The Hall–Kier alpha value is -3.68. The molecule has 0 aliphatic carbocycles. The summed E-state index contributed by atoms with van der Waals surface area (Å²) < 4.78 is 91.3. The van der Waals surface area contributed by atoms with Gasteiger partial charge in [0, 0.05) is 57.9 Å². The van der Waals surface area contributed by atoms with E-state index in [1.54, 1.807) is 14.0 Å². The molecule has 14 heteroatoms. The van der Waals surface area contributed by atoms with Gasteiger partial charge in [-0.3, -0.25) is 9.69 Å². The molecule has 1 amide bonds. The third-order valence-corrected chi connectivity index (χ3v) is 7.07. The maximum atomic E-state index is 12.8. The summed E-state index contributed by atoms with van der Waals surface area (Å²) in [7, 11) is 1.58. The van der Waals surface area contributed by atoms with Crippen molar-refractivity contribution < 1.29 is 50.1 Å². The van der Waals surface area contributed by atoms with E-state index in [0.29, 0.717) is 38.4 Å². The number of ether oxygens (including phenoxy) is 3. The lowest BCUT2D eigenvalue weighted by Crippen LogP contribution is -2.52. The van der Waals surface area contributed by atoms with Gasteiger partial charge in [-0.15, -0.1) is 0 Å². The minimum absolute atomic E-state index is 0.0996. The number of amides is 1. The van der Waals surface area contributed by atoms with Crippen molar-refractivity contribution in [2.24, 2.45) is 0 Å². The molecular weight excluding hydrogens is 596 g/mol. The summed E-state index contributed by atoms with van der Waals surface area (Å²) in [5.41, 5.74) is 3.87. The van der Waals surface area contributed by atoms with Crippen LogP contribution in [0.3, 0.4) is 0 Å². The summed E-state index contributed by atoms with van der Waals surface area (Å²) in [6, 6.07) is 13.6. The molecule has 0 atom stereocenters. The molecule has 44 heavy (non-hydrogen) atoms. The van der Waals surface area contributed by atoms with Crippen LogP contribution in [0.15, 0.2) is 42.5 Å². The van der Waals surface area contributed by atoms with Crippen molar-refractivity contribution in [3.63, 3.8) is 0 Å². The minimum atomic E-state index is -5.77. The Morgan fingerprint density at radius 2 is 1.59 bits per heavy atom. The number of hydrogen-bond acceptors (Lipinski definition) is 7. The molecule has 1 heterocycles. The van der Waals surface area contributed by atoms with Crippen LogP contribution in [0, 0.1) is 6.92 Å². The molecule has 0 bridgehead atoms. The van der Waals surface area contributed by atoms with Crippen molar-refractivity contribution in [2.45, 2.75) is 58.2 Å². The molecule has 3 rings (SSSR count). The number of carbonyl (C=O) groups excluding carboxylic acids is 2. The van der Waals surface area contributed by atoms with E-state index in [1.165, 1.54) is 0 Å². The molecule has 0 radical (unpaired) electrons. The number of alkyl halides is 6. The number of nitrogens with zero attached hydrogens (tertiary/aromatic N) is 3. The highest BCUT2D eigenvalue weighted by Crippen LogP contribution is 2.36. The SMILES string of the molecule is CCOC(=O)CCCN(Cc1ccc(OC)cc1)c1cc(C)ccc1CN1CCN(C(=O)OC(C(F)(F)F)C(F)(F)F)CC1. The van der Waals surface area contributed by atoms with Crippen LogP contribution in [0.4, 0.5) is 36.8 Å². The summed E-state index contributed by atoms with van der Waals surface area (Å²) in [6.07, 6.45) is -16.6. The fourth-order valence-corrected chi connectivity index (χ4v) is 4.81. The minimum Gasteiger partial charge on any atom is -0.497 e. The number of halogens is 6. The molecule has 1 saturated heterocycles. The van der Waals surface area contributed by atoms with E-state index in [-0.39, 0.29) is 38.6 Å². The van der Waals surface area contributed by atoms with Crippen LogP contribution in [0.25, 0.3) is 0 Å². The zero-order valence-electron chi connectivity index (χ0n) is 24.8. The normalized spacial score (nSPS) is 14.5. The summed E-state index contributed by atoms with van der Waals surface area (Å²) in [5.74, 6) is 0.434. The van der Waals surface area contributed by atoms with Gasteiger partial charge < -0.3 is 24.0 Å². The van der Waals surface area contributed by atoms with Crippen molar-refractivity contribution in [3.05, 3.63) is 59.2 Å². The number of rotatable bonds is 12. The van der Waals surface area contributed by atoms with Gasteiger partial charge in [-0.25, -0.2) is 4.79 Å². The van der Waals surface area contributed by atoms with Crippen LogP contribution in [-0.2, 0) is 27.4 Å². The first-order valence-corrected chi connectivity index (χ1v) is 14.2. The zero-order valence-corrected chi connectivity index (χ0v) is 24.8. The number of aryl methyl sites for hydroxylation is 1. The van der Waals surface area contributed by atoms with Crippen LogP contribution in [0.5, 0.6) is 5.75 Å². The number of methoxy groups -OCH3 is 1. The largest absolute Gasteiger partial charge is 0.497 e. The number of anilines is 1. The molecule has 0 aromatic heterocycles. The van der Waals surface area contributed by atoms with E-state index in [0.717, 1.165) is 27.3 Å². The second-order valence-electron chi connectivity index (χ2n) is 10.4. The quantitative estimate of drug-likeness (QED) is 0.207. The molecule has 2 aromatic rings. The third kappa shape index (κ3) is 10.2. The van der Waals surface area contributed by atoms with Crippen molar-refractivity contribution in [3.8, 4) is 5.75 Å². The second-order valence-corrected chi connectivity index (χ2v) is 10.4. The molecule has 8 nitrogen and oxygen atoms in total. The summed E-state index contributed by atoms with van der Waals surface area (Å²) in [6.45, 7) is 5.72. The maximum Gasteiger partial charge on any atom is 0.434 e. The molecule has 1 aliphatic heterocycles. The fraction of sp³-hybridized carbons (Fsp3) is 0.533. The van der Waals surface area contributed by atoms with Gasteiger partial charge in [-0.05, 0) is 55.2 Å². The topological polar surface area (TPSA) is 71.5 Å². The molecular formula is C30H37F6N3O5. The Kier molecular flexibility index (Phi) is 12.1. The van der Waals surface area contributed by atoms with Crippen molar-refractivity contribution in [1.29, 1.82) is 0 Å². The average molecular weight is 634 g/mol. The Bertz CT molecular complexity index is 1220. The summed E-state index contributed by atoms with van der Waals surface area (Å²) in [4.78, 5) is 29.2. The van der Waals surface area contributed by atoms with Crippen molar-refractivity contribution >= 4 is 17.7 Å². The number of esters is 1. The van der Waals surface area contributed by atoms with E-state index in [4.69, 9.17) is 9.47 Å². The van der Waals surface area contributed by atoms with E-state index in [9.17, 15) is 35.9 Å². The Balaban J connectivity index is 1.73. The van der Waals surface area contributed by atoms with Gasteiger partial charge >= 0.3 is 24.4 Å². The monoisotopic (exact) mass is 633 g/mol. The Morgan fingerprint density at radius 3 is 2.16 bits per heavy atom. The van der Waals surface area contributed by atoms with Gasteiger partial charge in [0.15, 0.2) is 0 Å². The van der Waals surface area contributed by atoms with Gasteiger partial charge in [0.1, 0.15) is 5.75 Å². The van der Waals surface area contributed by atoms with E-state index in [2.05, 4.69) is 9.64 Å². The van der Waals surface area contributed by atoms with E-state index < -0.39 is 24.5 Å². The highest BCUT2D eigenvalue weighted by Gasteiger charge is 2.60. The lowest BCUT2D eigenvalue weighted by molar-refractivity contribution is -0.308. The number of carbonyl (C=O) groups is 2. The van der Waals surface area contributed by atoms with Crippen LogP contribution < -0.4 is 9.64 Å². The predicted molar refractivity (Wildman–Crippen MR) is 150 cm³/mol. The number of benzene rings is 2. The van der Waals surface area contributed by atoms with Crippen LogP contribution in [-0.4, -0.2) is 86.8 Å². The fourth-order valence-electron chi connectivity index (χ4n) is 4.81. The summed E-state index contributed by atoms with van der Waals surface area (Å²) >= 11 is 0. The van der Waals surface area contributed by atoms with Gasteiger partial charge in [0.2, 0.25) is 0 Å². The Labute approximate surface area is 252 Å². The smallest absolute Gasteiger partial charge is 0.434 e. The second kappa shape index (κ2) is 15.4.